The molecule has 3 rings (SSSR count). The highest BCUT2D eigenvalue weighted by atomic mass is 16.5. The highest BCUT2D eigenvalue weighted by Crippen LogP contribution is 2.27. The van der Waals surface area contributed by atoms with Gasteiger partial charge in [-0.05, 0) is 19.1 Å². The van der Waals surface area contributed by atoms with Crippen LogP contribution in [0.15, 0.2) is 36.8 Å². The maximum atomic E-state index is 10.6. The molecule has 2 aromatic heterocycles. The van der Waals surface area contributed by atoms with Crippen LogP contribution >= 0.6 is 0 Å². The Morgan fingerprint density at radius 3 is 2.90 bits per heavy atom. The summed E-state index contributed by atoms with van der Waals surface area (Å²) in [4.78, 5) is 4.34. The number of nitrogens with zero attached hydrogens (tertiary/aromatic N) is 4. The molecular formula is C15H18N4O2. The van der Waals surface area contributed by atoms with Crippen molar-refractivity contribution in [3.05, 3.63) is 42.5 Å². The fraction of sp³-hybridized carbons (Fsp3) is 0.333. The highest BCUT2D eigenvalue weighted by molar-refractivity contribution is 5.74. The quantitative estimate of drug-likeness (QED) is 0.779. The predicted molar refractivity (Wildman–Crippen MR) is 79.1 cm³/mol. The summed E-state index contributed by atoms with van der Waals surface area (Å²) in [6.07, 6.45) is 2.67. The smallest absolute Gasteiger partial charge is 0.162 e. The first-order chi connectivity index (χ1) is 10.2. The minimum atomic E-state index is -0.708. The maximum Gasteiger partial charge on any atom is 0.162 e. The molecule has 0 saturated carbocycles. The van der Waals surface area contributed by atoms with Gasteiger partial charge in [-0.25, -0.2) is 4.98 Å². The van der Waals surface area contributed by atoms with E-state index in [0.717, 1.165) is 11.0 Å². The molecule has 0 aliphatic heterocycles. The van der Waals surface area contributed by atoms with E-state index in [-0.39, 0.29) is 0 Å². The topological polar surface area (TPSA) is 65.1 Å². The first kappa shape index (κ1) is 13.6. The third kappa shape index (κ3) is 2.38. The Morgan fingerprint density at radius 2 is 2.14 bits per heavy atom. The van der Waals surface area contributed by atoms with Gasteiger partial charge in [0.05, 0.1) is 37.2 Å². The molecule has 110 valence electrons. The second kappa shape index (κ2) is 5.57. The number of benzene rings is 1. The minimum absolute atomic E-state index is 0.405. The molecule has 0 spiro atoms. The van der Waals surface area contributed by atoms with Crippen molar-refractivity contribution in [1.29, 1.82) is 0 Å². The molecular weight excluding hydrogens is 268 g/mol. The van der Waals surface area contributed by atoms with Crippen LogP contribution in [0.1, 0.15) is 18.7 Å². The first-order valence-electron chi connectivity index (χ1n) is 6.92. The second-order valence-electron chi connectivity index (χ2n) is 4.82. The van der Waals surface area contributed by atoms with Crippen LogP contribution < -0.4 is 4.74 Å². The number of aromatic nitrogens is 4. The van der Waals surface area contributed by atoms with Gasteiger partial charge in [-0.15, -0.1) is 0 Å². The Hall–Kier alpha value is -2.34. The SMILES string of the molecule is CCn1ncc(OC)c1C(O)Cn1cnc2ccccc21. The van der Waals surface area contributed by atoms with E-state index in [1.165, 1.54) is 0 Å². The van der Waals surface area contributed by atoms with Crippen molar-refractivity contribution in [3.63, 3.8) is 0 Å². The number of fused-ring (bicyclic) bond motifs is 1. The van der Waals surface area contributed by atoms with E-state index in [2.05, 4.69) is 10.1 Å². The van der Waals surface area contributed by atoms with E-state index >= 15 is 0 Å². The average molecular weight is 286 g/mol. The summed E-state index contributed by atoms with van der Waals surface area (Å²) in [5.41, 5.74) is 2.61. The molecule has 2 heterocycles. The third-order valence-electron chi connectivity index (χ3n) is 3.58. The zero-order valence-corrected chi connectivity index (χ0v) is 12.1. The van der Waals surface area contributed by atoms with Crippen molar-refractivity contribution in [1.82, 2.24) is 19.3 Å². The van der Waals surface area contributed by atoms with Gasteiger partial charge in [-0.2, -0.15) is 5.10 Å². The lowest BCUT2D eigenvalue weighted by Crippen LogP contribution is -2.14. The summed E-state index contributed by atoms with van der Waals surface area (Å²) in [7, 11) is 1.58. The summed E-state index contributed by atoms with van der Waals surface area (Å²) < 4.78 is 8.98. The van der Waals surface area contributed by atoms with Crippen molar-refractivity contribution < 1.29 is 9.84 Å². The van der Waals surface area contributed by atoms with Gasteiger partial charge in [0.2, 0.25) is 0 Å². The summed E-state index contributed by atoms with van der Waals surface area (Å²) in [5, 5.41) is 14.8. The lowest BCUT2D eigenvalue weighted by Gasteiger charge is -2.15. The average Bonchev–Trinajstić information content (AvgIpc) is 3.11. The monoisotopic (exact) mass is 286 g/mol. The van der Waals surface area contributed by atoms with Crippen LogP contribution in [0, 0.1) is 0 Å². The number of methoxy groups -OCH3 is 1. The Morgan fingerprint density at radius 1 is 1.33 bits per heavy atom. The van der Waals surface area contributed by atoms with Gasteiger partial charge < -0.3 is 14.4 Å². The van der Waals surface area contributed by atoms with Crippen molar-refractivity contribution in [3.8, 4) is 5.75 Å². The Balaban J connectivity index is 1.93. The van der Waals surface area contributed by atoms with Crippen LogP contribution in [0.4, 0.5) is 0 Å². The van der Waals surface area contributed by atoms with Crippen LogP contribution in [0.3, 0.4) is 0 Å². The summed E-state index contributed by atoms with van der Waals surface area (Å²) >= 11 is 0. The number of hydrogen-bond donors (Lipinski definition) is 1. The Kier molecular flexibility index (Phi) is 3.62. The lowest BCUT2D eigenvalue weighted by atomic mass is 10.2. The van der Waals surface area contributed by atoms with E-state index in [4.69, 9.17) is 4.74 Å². The summed E-state index contributed by atoms with van der Waals surface area (Å²) in [6, 6.07) is 7.85. The number of rotatable bonds is 5. The highest BCUT2D eigenvalue weighted by Gasteiger charge is 2.20. The Bertz CT molecular complexity index is 726. The number of ether oxygens (including phenoxy) is 1. The molecule has 0 amide bonds. The summed E-state index contributed by atoms with van der Waals surface area (Å²) in [6.45, 7) is 3.07. The minimum Gasteiger partial charge on any atom is -0.493 e. The lowest BCUT2D eigenvalue weighted by molar-refractivity contribution is 0.143. The van der Waals surface area contributed by atoms with E-state index in [1.807, 2.05) is 35.8 Å². The van der Waals surface area contributed by atoms with Crippen molar-refractivity contribution in [2.45, 2.75) is 26.1 Å². The van der Waals surface area contributed by atoms with Crippen molar-refractivity contribution >= 4 is 11.0 Å². The van der Waals surface area contributed by atoms with Crippen LogP contribution in [-0.2, 0) is 13.1 Å². The van der Waals surface area contributed by atoms with Gasteiger partial charge in [0.15, 0.2) is 5.75 Å². The molecule has 1 N–H and O–H groups in total. The van der Waals surface area contributed by atoms with Gasteiger partial charge in [-0.1, -0.05) is 12.1 Å². The molecule has 1 atom stereocenters. The number of imidazole rings is 1. The predicted octanol–water partition coefficient (Wildman–Crippen LogP) is 1.99. The molecule has 0 aliphatic rings. The largest absolute Gasteiger partial charge is 0.493 e. The number of aliphatic hydroxyl groups excluding tert-OH is 1. The molecule has 21 heavy (non-hydrogen) atoms. The molecule has 0 fully saturated rings. The molecule has 0 saturated heterocycles. The molecule has 6 nitrogen and oxygen atoms in total. The van der Waals surface area contributed by atoms with Gasteiger partial charge in [0.1, 0.15) is 11.8 Å². The van der Waals surface area contributed by atoms with Crippen molar-refractivity contribution in [2.24, 2.45) is 0 Å². The van der Waals surface area contributed by atoms with Gasteiger partial charge in [-0.3, -0.25) is 4.68 Å². The molecule has 1 aromatic carbocycles. The molecule has 0 radical (unpaired) electrons. The number of hydrogen-bond acceptors (Lipinski definition) is 4. The zero-order chi connectivity index (χ0) is 14.8. The van der Waals surface area contributed by atoms with Crippen LogP contribution in [-0.4, -0.2) is 31.5 Å². The van der Waals surface area contributed by atoms with E-state index in [0.29, 0.717) is 24.5 Å². The normalized spacial score (nSPS) is 12.7. The fourth-order valence-corrected chi connectivity index (χ4v) is 2.55. The third-order valence-corrected chi connectivity index (χ3v) is 3.58. The van der Waals surface area contributed by atoms with Crippen LogP contribution in [0.25, 0.3) is 11.0 Å². The number of para-hydroxylation sites is 2. The number of aryl methyl sites for hydroxylation is 1. The molecule has 1 unspecified atom stereocenters. The van der Waals surface area contributed by atoms with E-state index in [1.54, 1.807) is 24.3 Å². The molecule has 6 heteroatoms. The Labute approximate surface area is 122 Å². The summed E-state index contributed by atoms with van der Waals surface area (Å²) in [5.74, 6) is 0.605. The van der Waals surface area contributed by atoms with Gasteiger partial charge in [0, 0.05) is 6.54 Å². The van der Waals surface area contributed by atoms with Gasteiger partial charge >= 0.3 is 0 Å². The maximum absolute atomic E-state index is 10.6. The first-order valence-corrected chi connectivity index (χ1v) is 6.92. The standard InChI is InChI=1S/C15H18N4O2/c1-3-19-15(14(21-2)8-17-19)13(20)9-18-10-16-11-6-4-5-7-12(11)18/h4-8,10,13,20H,3,9H2,1-2H3. The van der Waals surface area contributed by atoms with Crippen LogP contribution in [0.5, 0.6) is 5.75 Å². The zero-order valence-electron chi connectivity index (χ0n) is 12.1. The molecule has 0 bridgehead atoms. The molecule has 3 aromatic rings. The molecule has 0 aliphatic carbocycles. The van der Waals surface area contributed by atoms with Gasteiger partial charge in [0.25, 0.3) is 0 Å². The second-order valence-corrected chi connectivity index (χ2v) is 4.82. The van der Waals surface area contributed by atoms with E-state index < -0.39 is 6.10 Å². The van der Waals surface area contributed by atoms with Crippen LogP contribution in [0.2, 0.25) is 0 Å². The van der Waals surface area contributed by atoms with Crippen molar-refractivity contribution in [2.75, 3.05) is 7.11 Å². The van der Waals surface area contributed by atoms with E-state index in [9.17, 15) is 5.11 Å². The fourth-order valence-electron chi connectivity index (χ4n) is 2.55. The number of aliphatic hydroxyl groups is 1.